The lowest BCUT2D eigenvalue weighted by molar-refractivity contribution is 0.149. The van der Waals surface area contributed by atoms with Gasteiger partial charge in [0.15, 0.2) is 0 Å². The minimum atomic E-state index is 0.520. The third kappa shape index (κ3) is 1.97. The molecule has 0 amide bonds. The summed E-state index contributed by atoms with van der Waals surface area (Å²) >= 11 is 0. The second-order valence-electron chi connectivity index (χ2n) is 6.55. The molecule has 2 unspecified atom stereocenters. The summed E-state index contributed by atoms with van der Waals surface area (Å²) in [5.74, 6) is 0. The van der Waals surface area contributed by atoms with Gasteiger partial charge in [-0.25, -0.2) is 0 Å². The molecule has 1 heterocycles. The molecule has 0 spiro atoms. The second kappa shape index (κ2) is 4.52. The quantitative estimate of drug-likeness (QED) is 0.759. The summed E-state index contributed by atoms with van der Waals surface area (Å²) in [6.45, 7) is 9.09. The monoisotopic (exact) mass is 258 g/mol. The van der Waals surface area contributed by atoms with Crippen LogP contribution in [0.25, 0.3) is 0 Å². The Bertz CT molecular complexity index is 494. The molecule has 2 bridgehead atoms. The summed E-state index contributed by atoms with van der Waals surface area (Å²) in [7, 11) is 2.29. The Morgan fingerprint density at radius 3 is 2.47 bits per heavy atom. The van der Waals surface area contributed by atoms with E-state index in [2.05, 4.69) is 56.7 Å². The number of hydrogen-bond donors (Lipinski definition) is 0. The first-order valence-electron chi connectivity index (χ1n) is 7.57. The zero-order valence-electron chi connectivity index (χ0n) is 12.9. The van der Waals surface area contributed by atoms with Crippen molar-refractivity contribution in [1.82, 2.24) is 4.90 Å². The molecule has 0 radical (unpaired) electrons. The van der Waals surface area contributed by atoms with Crippen molar-refractivity contribution in [3.05, 3.63) is 28.8 Å². The summed E-state index contributed by atoms with van der Waals surface area (Å²) in [5.41, 5.74) is 5.72. The lowest BCUT2D eigenvalue weighted by Crippen LogP contribution is -2.56. The van der Waals surface area contributed by atoms with Crippen molar-refractivity contribution in [1.29, 1.82) is 0 Å². The molecule has 1 aliphatic heterocycles. The van der Waals surface area contributed by atoms with E-state index in [9.17, 15) is 0 Å². The van der Waals surface area contributed by atoms with Gasteiger partial charge in [-0.1, -0.05) is 6.07 Å². The molecule has 3 atom stereocenters. The van der Waals surface area contributed by atoms with Crippen molar-refractivity contribution in [2.24, 2.45) is 0 Å². The van der Waals surface area contributed by atoms with E-state index in [1.165, 1.54) is 41.6 Å². The van der Waals surface area contributed by atoms with Crippen LogP contribution in [0.1, 0.15) is 42.9 Å². The third-order valence-electron chi connectivity index (χ3n) is 5.40. The largest absolute Gasteiger partial charge is 0.353 e. The van der Waals surface area contributed by atoms with Crippen molar-refractivity contribution in [3.8, 4) is 0 Å². The average Bonchev–Trinajstić information content (AvgIpc) is 2.79. The molecular formula is C17H26N2. The molecule has 1 saturated heterocycles. The van der Waals surface area contributed by atoms with Crippen LogP contribution in [-0.2, 0) is 0 Å². The fraction of sp³-hybridized carbons (Fsp3) is 0.647. The van der Waals surface area contributed by atoms with Crippen LogP contribution in [-0.4, -0.2) is 30.2 Å². The number of benzene rings is 1. The molecule has 1 aromatic rings. The summed E-state index contributed by atoms with van der Waals surface area (Å²) in [6, 6.07) is 6.23. The van der Waals surface area contributed by atoms with Gasteiger partial charge in [-0.3, -0.25) is 4.90 Å². The van der Waals surface area contributed by atoms with Crippen molar-refractivity contribution in [2.75, 3.05) is 11.9 Å². The van der Waals surface area contributed by atoms with E-state index in [1.54, 1.807) is 0 Å². The van der Waals surface area contributed by atoms with Crippen LogP contribution in [0, 0.1) is 20.8 Å². The second-order valence-corrected chi connectivity index (χ2v) is 6.55. The molecular weight excluding hydrogens is 232 g/mol. The predicted octanol–water partition coefficient (Wildman–Crippen LogP) is 3.63. The van der Waals surface area contributed by atoms with Gasteiger partial charge in [-0.15, -0.1) is 0 Å². The molecule has 19 heavy (non-hydrogen) atoms. The smallest absolute Gasteiger partial charge is 0.0795 e. The maximum absolute atomic E-state index is 2.68. The predicted molar refractivity (Wildman–Crippen MR) is 81.8 cm³/mol. The summed E-state index contributed by atoms with van der Waals surface area (Å²) < 4.78 is 0. The Morgan fingerprint density at radius 2 is 1.74 bits per heavy atom. The van der Waals surface area contributed by atoms with Crippen LogP contribution in [0.4, 0.5) is 5.69 Å². The highest BCUT2D eigenvalue weighted by Gasteiger charge is 2.42. The standard InChI is InChI=1S/C17H26N2/c1-11-8-12(2)13(3)17(9-11)19-14(4)18(5)15-6-7-16(19)10-15/h8-9,14-16H,6-7,10H2,1-5H3/t14-,15?,16?/m0/s1. The van der Waals surface area contributed by atoms with E-state index in [1.807, 2.05) is 0 Å². The van der Waals surface area contributed by atoms with E-state index >= 15 is 0 Å². The summed E-state index contributed by atoms with van der Waals surface area (Å²) in [5, 5.41) is 0. The highest BCUT2D eigenvalue weighted by molar-refractivity contribution is 5.59. The van der Waals surface area contributed by atoms with Gasteiger partial charge in [-0.2, -0.15) is 0 Å². The number of hydrogen-bond acceptors (Lipinski definition) is 2. The first kappa shape index (κ1) is 13.0. The zero-order chi connectivity index (χ0) is 13.7. The maximum Gasteiger partial charge on any atom is 0.0795 e. The van der Waals surface area contributed by atoms with Gasteiger partial charge >= 0.3 is 0 Å². The molecule has 1 aliphatic carbocycles. The fourth-order valence-electron chi connectivity index (χ4n) is 4.05. The Kier molecular flexibility index (Phi) is 3.09. The highest BCUT2D eigenvalue weighted by Crippen LogP contribution is 2.40. The molecule has 2 aliphatic rings. The number of fused-ring (bicyclic) bond motifs is 2. The van der Waals surface area contributed by atoms with Gasteiger partial charge in [0.2, 0.25) is 0 Å². The van der Waals surface area contributed by atoms with E-state index in [4.69, 9.17) is 0 Å². The van der Waals surface area contributed by atoms with Crippen LogP contribution in [0.2, 0.25) is 0 Å². The number of nitrogens with zero attached hydrogens (tertiary/aromatic N) is 2. The van der Waals surface area contributed by atoms with Gasteiger partial charge in [0.05, 0.1) is 6.17 Å². The third-order valence-corrected chi connectivity index (χ3v) is 5.40. The summed E-state index contributed by atoms with van der Waals surface area (Å²) in [6.07, 6.45) is 4.58. The molecule has 1 aromatic carbocycles. The molecule has 2 fully saturated rings. The average molecular weight is 258 g/mol. The normalized spacial score (nSPS) is 31.0. The van der Waals surface area contributed by atoms with Gasteiger partial charge in [0, 0.05) is 17.8 Å². The van der Waals surface area contributed by atoms with Crippen molar-refractivity contribution in [2.45, 2.75) is 65.2 Å². The molecule has 0 aromatic heterocycles. The maximum atomic E-state index is 2.68. The Morgan fingerprint density at radius 1 is 1.05 bits per heavy atom. The first-order chi connectivity index (χ1) is 8.99. The topological polar surface area (TPSA) is 6.48 Å². The van der Waals surface area contributed by atoms with Crippen LogP contribution in [0.3, 0.4) is 0 Å². The van der Waals surface area contributed by atoms with Crippen molar-refractivity contribution >= 4 is 5.69 Å². The minimum Gasteiger partial charge on any atom is -0.353 e. The molecule has 2 nitrogen and oxygen atoms in total. The van der Waals surface area contributed by atoms with E-state index in [0.717, 1.165) is 12.1 Å². The van der Waals surface area contributed by atoms with Crippen LogP contribution < -0.4 is 4.90 Å². The van der Waals surface area contributed by atoms with Crippen LogP contribution in [0.5, 0.6) is 0 Å². The van der Waals surface area contributed by atoms with Gasteiger partial charge < -0.3 is 4.90 Å². The number of rotatable bonds is 1. The van der Waals surface area contributed by atoms with Gasteiger partial charge in [0.1, 0.15) is 0 Å². The molecule has 0 N–H and O–H groups in total. The first-order valence-corrected chi connectivity index (χ1v) is 7.57. The van der Waals surface area contributed by atoms with Crippen LogP contribution >= 0.6 is 0 Å². The lowest BCUT2D eigenvalue weighted by Gasteiger charge is -2.47. The molecule has 1 saturated carbocycles. The SMILES string of the molecule is Cc1cc(C)c(C)c(N2C3CCC(C3)N(C)[C@@H]2C)c1. The Labute approximate surface area is 117 Å². The van der Waals surface area contributed by atoms with E-state index in [0.29, 0.717) is 6.17 Å². The lowest BCUT2D eigenvalue weighted by atomic mass is 10.00. The fourth-order valence-corrected chi connectivity index (χ4v) is 4.05. The molecule has 3 rings (SSSR count). The number of anilines is 1. The van der Waals surface area contributed by atoms with Gasteiger partial charge in [0.25, 0.3) is 0 Å². The van der Waals surface area contributed by atoms with E-state index in [-0.39, 0.29) is 0 Å². The number of aryl methyl sites for hydroxylation is 2. The van der Waals surface area contributed by atoms with Crippen molar-refractivity contribution < 1.29 is 0 Å². The Hall–Kier alpha value is -1.02. The van der Waals surface area contributed by atoms with Gasteiger partial charge in [-0.05, 0) is 76.8 Å². The van der Waals surface area contributed by atoms with Crippen LogP contribution in [0.15, 0.2) is 12.1 Å². The molecule has 2 heteroatoms. The van der Waals surface area contributed by atoms with Crippen molar-refractivity contribution in [3.63, 3.8) is 0 Å². The van der Waals surface area contributed by atoms with E-state index < -0.39 is 0 Å². The Balaban J connectivity index is 2.05. The molecule has 104 valence electrons. The highest BCUT2D eigenvalue weighted by atomic mass is 15.4. The summed E-state index contributed by atoms with van der Waals surface area (Å²) in [4.78, 5) is 5.25. The zero-order valence-corrected chi connectivity index (χ0v) is 12.9. The minimum absolute atomic E-state index is 0.520.